The maximum atomic E-state index is 12.0. The first-order valence-corrected chi connectivity index (χ1v) is 9.38. The van der Waals surface area contributed by atoms with Crippen LogP contribution in [0.5, 0.6) is 0 Å². The van der Waals surface area contributed by atoms with Gasteiger partial charge in [0, 0.05) is 11.3 Å². The second kappa shape index (κ2) is 8.59. The minimum atomic E-state index is -0.888. The molecule has 2 N–H and O–H groups in total. The van der Waals surface area contributed by atoms with Crippen molar-refractivity contribution in [2.75, 3.05) is 0 Å². The van der Waals surface area contributed by atoms with E-state index in [1.807, 2.05) is 17.5 Å². The van der Waals surface area contributed by atoms with Gasteiger partial charge >= 0.3 is 5.97 Å². The number of aromatic amines is 1. The van der Waals surface area contributed by atoms with Crippen LogP contribution >= 0.6 is 11.3 Å². The van der Waals surface area contributed by atoms with Gasteiger partial charge in [0.15, 0.2) is 6.10 Å². The fourth-order valence-electron chi connectivity index (χ4n) is 2.51. The lowest BCUT2D eigenvalue weighted by Crippen LogP contribution is -2.35. The summed E-state index contributed by atoms with van der Waals surface area (Å²) in [5.74, 6) is -0.469. The van der Waals surface area contributed by atoms with Gasteiger partial charge < -0.3 is 15.0 Å². The Morgan fingerprint density at radius 1 is 1.26 bits per heavy atom. The van der Waals surface area contributed by atoms with Crippen LogP contribution in [0.15, 0.2) is 46.6 Å². The van der Waals surface area contributed by atoms with Crippen LogP contribution in [0.2, 0.25) is 0 Å². The molecule has 0 aliphatic heterocycles. The summed E-state index contributed by atoms with van der Waals surface area (Å²) in [5, 5.41) is 5.15. The number of thiophene rings is 1. The van der Waals surface area contributed by atoms with Crippen LogP contribution in [0, 0.1) is 0 Å². The molecule has 0 radical (unpaired) electrons. The number of rotatable bonds is 7. The molecule has 2 aromatic heterocycles. The molecule has 0 saturated heterocycles. The molecule has 1 aromatic carbocycles. The van der Waals surface area contributed by atoms with Crippen molar-refractivity contribution in [3.8, 4) is 0 Å². The number of nitrogens with zero attached hydrogens (tertiary/aromatic N) is 1. The van der Waals surface area contributed by atoms with Crippen molar-refractivity contribution in [2.24, 2.45) is 0 Å². The standard InChI is InChI=1S/C19H19N3O4S/c1-12(18(24)20-11-13-5-4-10-27-13)26-17(23)9-8-16-21-15-7-3-2-6-14(15)19(25)22-16/h2-7,10,12H,8-9,11H2,1H3,(H,20,24)(H,21,22,25)/t12-/m1/s1. The molecule has 0 fully saturated rings. The predicted octanol–water partition coefficient (Wildman–Crippen LogP) is 2.17. The number of amides is 1. The summed E-state index contributed by atoms with van der Waals surface area (Å²) in [7, 11) is 0. The van der Waals surface area contributed by atoms with Crippen LogP contribution in [0.25, 0.3) is 10.9 Å². The molecule has 8 heteroatoms. The molecule has 140 valence electrons. The van der Waals surface area contributed by atoms with Crippen molar-refractivity contribution in [3.05, 3.63) is 62.8 Å². The number of hydrogen-bond donors (Lipinski definition) is 2. The van der Waals surface area contributed by atoms with E-state index in [-0.39, 0.29) is 24.3 Å². The van der Waals surface area contributed by atoms with E-state index >= 15 is 0 Å². The van der Waals surface area contributed by atoms with E-state index in [0.29, 0.717) is 23.3 Å². The van der Waals surface area contributed by atoms with Gasteiger partial charge in [-0.05, 0) is 30.5 Å². The molecule has 3 rings (SSSR count). The average molecular weight is 385 g/mol. The lowest BCUT2D eigenvalue weighted by molar-refractivity contribution is -0.154. The molecule has 0 unspecified atom stereocenters. The number of carbonyl (C=O) groups excluding carboxylic acids is 2. The van der Waals surface area contributed by atoms with E-state index < -0.39 is 12.1 Å². The second-order valence-electron chi connectivity index (χ2n) is 5.96. The van der Waals surface area contributed by atoms with Crippen molar-refractivity contribution in [3.63, 3.8) is 0 Å². The lowest BCUT2D eigenvalue weighted by Gasteiger charge is -2.13. The number of fused-ring (bicyclic) bond motifs is 1. The van der Waals surface area contributed by atoms with Crippen LogP contribution < -0.4 is 10.9 Å². The summed E-state index contributed by atoms with van der Waals surface area (Å²) in [6.07, 6.45) is -0.646. The minimum Gasteiger partial charge on any atom is -0.453 e. The normalized spacial score (nSPS) is 11.9. The maximum absolute atomic E-state index is 12.0. The fraction of sp³-hybridized carbons (Fsp3) is 0.263. The van der Waals surface area contributed by atoms with Gasteiger partial charge in [0.25, 0.3) is 11.5 Å². The van der Waals surface area contributed by atoms with E-state index in [4.69, 9.17) is 4.74 Å². The van der Waals surface area contributed by atoms with Gasteiger partial charge in [-0.2, -0.15) is 0 Å². The molecule has 2 heterocycles. The van der Waals surface area contributed by atoms with Crippen LogP contribution in [0.1, 0.15) is 24.0 Å². The zero-order valence-electron chi connectivity index (χ0n) is 14.7. The Balaban J connectivity index is 1.50. The number of hydrogen-bond acceptors (Lipinski definition) is 6. The van der Waals surface area contributed by atoms with E-state index in [1.165, 1.54) is 18.3 Å². The lowest BCUT2D eigenvalue weighted by atomic mass is 10.2. The molecular weight excluding hydrogens is 366 g/mol. The Bertz CT molecular complexity index is 998. The smallest absolute Gasteiger partial charge is 0.307 e. The summed E-state index contributed by atoms with van der Waals surface area (Å²) in [6, 6.07) is 10.8. The zero-order chi connectivity index (χ0) is 19.2. The summed E-state index contributed by atoms with van der Waals surface area (Å²) >= 11 is 1.54. The maximum Gasteiger partial charge on any atom is 0.307 e. The first-order valence-electron chi connectivity index (χ1n) is 8.50. The van der Waals surface area contributed by atoms with E-state index in [2.05, 4.69) is 15.3 Å². The number of H-pyrrole nitrogens is 1. The van der Waals surface area contributed by atoms with Crippen LogP contribution in [0.3, 0.4) is 0 Å². The highest BCUT2D eigenvalue weighted by Crippen LogP contribution is 2.09. The van der Waals surface area contributed by atoms with E-state index in [9.17, 15) is 14.4 Å². The topological polar surface area (TPSA) is 101 Å². The molecule has 0 aliphatic rings. The number of aromatic nitrogens is 2. The number of ether oxygens (including phenoxy) is 1. The number of para-hydroxylation sites is 1. The molecule has 3 aromatic rings. The molecule has 1 amide bonds. The number of benzene rings is 1. The van der Waals surface area contributed by atoms with Gasteiger partial charge in [-0.3, -0.25) is 14.4 Å². The fourth-order valence-corrected chi connectivity index (χ4v) is 3.16. The third-order valence-electron chi connectivity index (χ3n) is 3.92. The average Bonchev–Trinajstić information content (AvgIpc) is 3.18. The van der Waals surface area contributed by atoms with Gasteiger partial charge in [-0.25, -0.2) is 4.98 Å². The quantitative estimate of drug-likeness (QED) is 0.607. The van der Waals surface area contributed by atoms with Gasteiger partial charge in [-0.1, -0.05) is 18.2 Å². The third-order valence-corrected chi connectivity index (χ3v) is 4.80. The Kier molecular flexibility index (Phi) is 5.97. The van der Waals surface area contributed by atoms with Crippen molar-refractivity contribution in [1.82, 2.24) is 15.3 Å². The third kappa shape index (κ3) is 5.01. The van der Waals surface area contributed by atoms with Gasteiger partial charge in [0.1, 0.15) is 5.82 Å². The predicted molar refractivity (Wildman–Crippen MR) is 102 cm³/mol. The molecule has 0 saturated carbocycles. The Hall–Kier alpha value is -3.00. The number of esters is 1. The summed E-state index contributed by atoms with van der Waals surface area (Å²) < 4.78 is 5.15. The van der Waals surface area contributed by atoms with Crippen molar-refractivity contribution < 1.29 is 14.3 Å². The molecule has 0 spiro atoms. The molecular formula is C19H19N3O4S. The highest BCUT2D eigenvalue weighted by atomic mass is 32.1. The minimum absolute atomic E-state index is 0.0177. The largest absolute Gasteiger partial charge is 0.453 e. The number of nitrogens with one attached hydrogen (secondary N) is 2. The summed E-state index contributed by atoms with van der Waals surface area (Å²) in [5.41, 5.74) is 0.330. The monoisotopic (exact) mass is 385 g/mol. The van der Waals surface area contributed by atoms with E-state index in [0.717, 1.165) is 4.88 Å². The van der Waals surface area contributed by atoms with Crippen LogP contribution in [-0.4, -0.2) is 27.9 Å². The van der Waals surface area contributed by atoms with Crippen molar-refractivity contribution in [2.45, 2.75) is 32.4 Å². The number of carbonyl (C=O) groups is 2. The highest BCUT2D eigenvalue weighted by Gasteiger charge is 2.18. The zero-order valence-corrected chi connectivity index (χ0v) is 15.5. The Morgan fingerprint density at radius 3 is 2.85 bits per heavy atom. The van der Waals surface area contributed by atoms with Gasteiger partial charge in [-0.15, -0.1) is 11.3 Å². The van der Waals surface area contributed by atoms with Gasteiger partial charge in [0.2, 0.25) is 0 Å². The van der Waals surface area contributed by atoms with Crippen molar-refractivity contribution >= 4 is 34.1 Å². The summed E-state index contributed by atoms with van der Waals surface area (Å²) in [4.78, 5) is 44.0. The van der Waals surface area contributed by atoms with E-state index in [1.54, 1.807) is 24.3 Å². The SMILES string of the molecule is C[C@@H](OC(=O)CCc1nc2ccccc2c(=O)[nH]1)C(=O)NCc1cccs1. The van der Waals surface area contributed by atoms with Gasteiger partial charge in [0.05, 0.1) is 23.9 Å². The molecule has 7 nitrogen and oxygen atoms in total. The Morgan fingerprint density at radius 2 is 2.07 bits per heavy atom. The second-order valence-corrected chi connectivity index (χ2v) is 6.99. The number of aryl methyl sites for hydroxylation is 1. The molecule has 0 bridgehead atoms. The molecule has 0 aliphatic carbocycles. The van der Waals surface area contributed by atoms with Crippen LogP contribution in [0.4, 0.5) is 0 Å². The van der Waals surface area contributed by atoms with Crippen molar-refractivity contribution in [1.29, 1.82) is 0 Å². The summed E-state index contributed by atoms with van der Waals surface area (Å²) in [6.45, 7) is 1.93. The molecule has 27 heavy (non-hydrogen) atoms. The highest BCUT2D eigenvalue weighted by molar-refractivity contribution is 7.09. The van der Waals surface area contributed by atoms with Crippen LogP contribution in [-0.2, 0) is 27.3 Å². The Labute approximate surface area is 159 Å². The first kappa shape index (κ1) is 18.8. The first-order chi connectivity index (χ1) is 13.0. The molecule has 1 atom stereocenters.